The second-order valence-electron chi connectivity index (χ2n) is 8.30. The molecule has 9 heteroatoms. The number of rotatable bonds is 7. The number of anilines is 2. The molecule has 1 aliphatic rings. The Balaban J connectivity index is 1.60. The molecule has 8 nitrogen and oxygen atoms in total. The summed E-state index contributed by atoms with van der Waals surface area (Å²) in [5, 5.41) is 2.68. The number of benzene rings is 2. The molecular weight excluding hydrogens is 452 g/mol. The van der Waals surface area contributed by atoms with E-state index in [-0.39, 0.29) is 23.3 Å². The fourth-order valence-electron chi connectivity index (χ4n) is 4.20. The van der Waals surface area contributed by atoms with Crippen LogP contribution in [0.1, 0.15) is 25.0 Å². The molecule has 2 aromatic carbocycles. The van der Waals surface area contributed by atoms with Crippen LogP contribution in [0.2, 0.25) is 0 Å². The van der Waals surface area contributed by atoms with Gasteiger partial charge in [0.2, 0.25) is 21.8 Å². The van der Waals surface area contributed by atoms with E-state index in [1.165, 1.54) is 13.0 Å². The van der Waals surface area contributed by atoms with Crippen molar-refractivity contribution in [1.29, 1.82) is 0 Å². The molecule has 0 aliphatic carbocycles. The van der Waals surface area contributed by atoms with E-state index in [4.69, 9.17) is 0 Å². The Morgan fingerprint density at radius 2 is 1.82 bits per heavy atom. The molecule has 176 valence electrons. The third-order valence-electron chi connectivity index (χ3n) is 5.73. The van der Waals surface area contributed by atoms with E-state index in [9.17, 15) is 18.0 Å². The van der Waals surface area contributed by atoms with Crippen LogP contribution in [0, 0.1) is 0 Å². The van der Waals surface area contributed by atoms with Crippen molar-refractivity contribution >= 4 is 33.3 Å². The van der Waals surface area contributed by atoms with Gasteiger partial charge >= 0.3 is 0 Å². The molecule has 3 aromatic rings. The van der Waals surface area contributed by atoms with Crippen LogP contribution in [-0.2, 0) is 32.5 Å². The molecule has 0 spiro atoms. The maximum Gasteiger partial charge on any atom is 0.244 e. The number of hydrogen-bond acceptors (Lipinski definition) is 5. The molecule has 1 aromatic heterocycles. The van der Waals surface area contributed by atoms with Gasteiger partial charge in [0.1, 0.15) is 11.9 Å². The van der Waals surface area contributed by atoms with Gasteiger partial charge in [-0.2, -0.15) is 4.72 Å². The Morgan fingerprint density at radius 1 is 1.09 bits per heavy atom. The Bertz CT molecular complexity index is 1300. The minimum Gasteiger partial charge on any atom is -0.309 e. The Labute approximate surface area is 199 Å². The number of amides is 2. The molecule has 34 heavy (non-hydrogen) atoms. The maximum absolute atomic E-state index is 13.3. The van der Waals surface area contributed by atoms with Gasteiger partial charge in [0.15, 0.2) is 0 Å². The Hall–Kier alpha value is -3.56. The summed E-state index contributed by atoms with van der Waals surface area (Å²) < 4.78 is 29.2. The summed E-state index contributed by atoms with van der Waals surface area (Å²) in [6.07, 6.45) is 2.27. The summed E-state index contributed by atoms with van der Waals surface area (Å²) in [4.78, 5) is 30.8. The van der Waals surface area contributed by atoms with E-state index >= 15 is 0 Å². The first-order valence-electron chi connectivity index (χ1n) is 11.0. The van der Waals surface area contributed by atoms with Gasteiger partial charge in [-0.1, -0.05) is 36.4 Å². The predicted octanol–water partition coefficient (Wildman–Crippen LogP) is 2.91. The van der Waals surface area contributed by atoms with Gasteiger partial charge in [0, 0.05) is 24.8 Å². The first kappa shape index (κ1) is 23.6. The molecule has 0 radical (unpaired) electrons. The van der Waals surface area contributed by atoms with Crippen molar-refractivity contribution in [2.45, 2.75) is 43.7 Å². The van der Waals surface area contributed by atoms with Crippen LogP contribution >= 0.6 is 0 Å². The molecule has 4 rings (SSSR count). The number of nitrogens with zero attached hydrogens (tertiary/aromatic N) is 2. The molecule has 0 unspecified atom stereocenters. The quantitative estimate of drug-likeness (QED) is 0.543. The van der Waals surface area contributed by atoms with Crippen molar-refractivity contribution in [3.05, 3.63) is 84.1 Å². The molecule has 2 amide bonds. The van der Waals surface area contributed by atoms with Crippen LogP contribution in [0.4, 0.5) is 11.5 Å². The van der Waals surface area contributed by atoms with Crippen LogP contribution in [-0.4, -0.2) is 37.3 Å². The fourth-order valence-corrected chi connectivity index (χ4v) is 5.44. The minimum absolute atomic E-state index is 0.0478. The van der Waals surface area contributed by atoms with Crippen molar-refractivity contribution in [1.82, 2.24) is 9.71 Å². The van der Waals surface area contributed by atoms with E-state index in [0.29, 0.717) is 17.9 Å². The summed E-state index contributed by atoms with van der Waals surface area (Å²) in [7, 11) is -4.03. The number of fused-ring (bicyclic) bond motifs is 1. The predicted molar refractivity (Wildman–Crippen MR) is 130 cm³/mol. The molecule has 2 heterocycles. The normalized spacial score (nSPS) is 16.1. The lowest BCUT2D eigenvalue weighted by Gasteiger charge is -2.21. The third kappa shape index (κ3) is 5.16. The lowest BCUT2D eigenvalue weighted by atomic mass is 10.1. The fraction of sp³-hybridized carbons (Fsp3) is 0.240. The van der Waals surface area contributed by atoms with Gasteiger partial charge in [-0.15, -0.1) is 0 Å². The highest BCUT2D eigenvalue weighted by Crippen LogP contribution is 2.34. The first-order chi connectivity index (χ1) is 16.2. The SMILES string of the molecule is CC(=O)N1c2ccc(S(=O)(=O)N[C@@H](Cc3ccccc3)C(=O)Nc3ccccn3)cc2C[C@@H]1C. The molecule has 0 bridgehead atoms. The molecule has 1 aliphatic heterocycles. The van der Waals surface area contributed by atoms with E-state index in [1.807, 2.05) is 37.3 Å². The van der Waals surface area contributed by atoms with Crippen molar-refractivity contribution < 1.29 is 18.0 Å². The topological polar surface area (TPSA) is 108 Å². The molecule has 2 N–H and O–H groups in total. The van der Waals surface area contributed by atoms with Crippen LogP contribution in [0.25, 0.3) is 0 Å². The summed E-state index contributed by atoms with van der Waals surface area (Å²) in [6.45, 7) is 3.41. The second-order valence-corrected chi connectivity index (χ2v) is 10.0. The van der Waals surface area contributed by atoms with Gasteiger partial charge in [0.05, 0.1) is 4.90 Å². The van der Waals surface area contributed by atoms with Crippen LogP contribution in [0.15, 0.2) is 77.8 Å². The smallest absolute Gasteiger partial charge is 0.244 e. The highest BCUT2D eigenvalue weighted by atomic mass is 32.2. The maximum atomic E-state index is 13.3. The van der Waals surface area contributed by atoms with Gasteiger partial charge < -0.3 is 10.2 Å². The monoisotopic (exact) mass is 478 g/mol. The number of pyridine rings is 1. The van der Waals surface area contributed by atoms with Crippen LogP contribution < -0.4 is 14.9 Å². The number of carbonyl (C=O) groups excluding carboxylic acids is 2. The average molecular weight is 479 g/mol. The van der Waals surface area contributed by atoms with Gasteiger partial charge in [-0.25, -0.2) is 13.4 Å². The zero-order chi connectivity index (χ0) is 24.3. The molecule has 0 fully saturated rings. The molecule has 2 atom stereocenters. The number of carbonyl (C=O) groups is 2. The summed E-state index contributed by atoms with van der Waals surface area (Å²) in [5.41, 5.74) is 2.31. The van der Waals surface area contributed by atoms with Crippen LogP contribution in [0.5, 0.6) is 0 Å². The Kier molecular flexibility index (Phi) is 6.76. The van der Waals surface area contributed by atoms with E-state index < -0.39 is 22.0 Å². The molecule has 0 saturated carbocycles. The highest BCUT2D eigenvalue weighted by Gasteiger charge is 2.32. The van der Waals surface area contributed by atoms with Crippen molar-refractivity contribution in [2.75, 3.05) is 10.2 Å². The van der Waals surface area contributed by atoms with Crippen LogP contribution in [0.3, 0.4) is 0 Å². The number of aromatic nitrogens is 1. The number of nitrogens with one attached hydrogen (secondary N) is 2. The zero-order valence-corrected chi connectivity index (χ0v) is 19.7. The summed E-state index contributed by atoms with van der Waals surface area (Å²) in [6, 6.07) is 17.9. The van der Waals surface area contributed by atoms with Crippen molar-refractivity contribution in [3.63, 3.8) is 0 Å². The summed E-state index contributed by atoms with van der Waals surface area (Å²) >= 11 is 0. The summed E-state index contributed by atoms with van der Waals surface area (Å²) in [5.74, 6) is -0.265. The Morgan fingerprint density at radius 3 is 2.50 bits per heavy atom. The van der Waals surface area contributed by atoms with Gasteiger partial charge in [-0.3, -0.25) is 9.59 Å². The van der Waals surface area contributed by atoms with E-state index in [2.05, 4.69) is 15.0 Å². The van der Waals surface area contributed by atoms with Crippen molar-refractivity contribution in [3.8, 4) is 0 Å². The molecule has 0 saturated heterocycles. The minimum atomic E-state index is -4.03. The largest absolute Gasteiger partial charge is 0.309 e. The third-order valence-corrected chi connectivity index (χ3v) is 7.20. The number of hydrogen-bond donors (Lipinski definition) is 2. The molecular formula is C25H26N4O4S. The average Bonchev–Trinajstić information content (AvgIpc) is 3.15. The standard InChI is InChI=1S/C25H26N4O4S/c1-17-14-20-16-21(11-12-23(20)29(17)18(2)30)34(32,33)28-22(15-19-8-4-3-5-9-19)25(31)27-24-10-6-7-13-26-24/h3-13,16-17,22,28H,14-15H2,1-2H3,(H,26,27,31)/t17-,22-/m0/s1. The van der Waals surface area contributed by atoms with Gasteiger partial charge in [0.25, 0.3) is 0 Å². The first-order valence-corrected chi connectivity index (χ1v) is 12.4. The van der Waals surface area contributed by atoms with Gasteiger partial charge in [-0.05, 0) is 61.2 Å². The lowest BCUT2D eigenvalue weighted by Crippen LogP contribution is -2.45. The number of sulfonamides is 1. The lowest BCUT2D eigenvalue weighted by molar-refractivity contribution is -0.118. The van der Waals surface area contributed by atoms with Crippen molar-refractivity contribution in [2.24, 2.45) is 0 Å². The van der Waals surface area contributed by atoms with E-state index in [1.54, 1.807) is 41.4 Å². The second kappa shape index (κ2) is 9.74. The van der Waals surface area contributed by atoms with E-state index in [0.717, 1.165) is 11.1 Å². The zero-order valence-electron chi connectivity index (χ0n) is 18.9. The highest BCUT2D eigenvalue weighted by molar-refractivity contribution is 7.89.